The van der Waals surface area contributed by atoms with Crippen LogP contribution in [0.15, 0.2) is 48.5 Å². The fourth-order valence-electron chi connectivity index (χ4n) is 3.81. The topological polar surface area (TPSA) is 38.0 Å². The highest BCUT2D eigenvalue weighted by atomic mass is 15.1. The number of nitrogens with one attached hydrogen (secondary N) is 1. The first kappa shape index (κ1) is 12.1. The third-order valence-electron chi connectivity index (χ3n) is 4.85. The monoisotopic (exact) mass is 264 g/mol. The van der Waals surface area contributed by atoms with Crippen LogP contribution in [-0.2, 0) is 18.5 Å². The summed E-state index contributed by atoms with van der Waals surface area (Å²) in [6.45, 7) is 0. The van der Waals surface area contributed by atoms with Crippen LogP contribution in [-0.4, -0.2) is 0 Å². The lowest BCUT2D eigenvalue weighted by atomic mass is 9.99. The summed E-state index contributed by atoms with van der Waals surface area (Å²) in [5, 5.41) is 3.74. The Kier molecular flexibility index (Phi) is 2.69. The van der Waals surface area contributed by atoms with E-state index in [1.54, 1.807) is 0 Å². The minimum absolute atomic E-state index is 0.362. The fraction of sp³-hybridized carbons (Fsp3) is 0.333. The highest BCUT2D eigenvalue weighted by molar-refractivity contribution is 5.40. The van der Waals surface area contributed by atoms with Crippen molar-refractivity contribution < 1.29 is 0 Å². The van der Waals surface area contributed by atoms with E-state index in [0.717, 1.165) is 25.7 Å². The first-order chi connectivity index (χ1) is 9.76. The third-order valence-corrected chi connectivity index (χ3v) is 4.85. The smallest absolute Gasteiger partial charge is 0.0935 e. The van der Waals surface area contributed by atoms with E-state index < -0.39 is 0 Å². The van der Waals surface area contributed by atoms with Crippen molar-refractivity contribution in [1.29, 1.82) is 0 Å². The summed E-state index contributed by atoms with van der Waals surface area (Å²) in [7, 11) is 0. The van der Waals surface area contributed by atoms with E-state index in [9.17, 15) is 0 Å². The van der Waals surface area contributed by atoms with Gasteiger partial charge in [0.1, 0.15) is 0 Å². The quantitative estimate of drug-likeness (QED) is 0.818. The van der Waals surface area contributed by atoms with Crippen molar-refractivity contribution in [1.82, 2.24) is 5.32 Å². The van der Waals surface area contributed by atoms with Crippen molar-refractivity contribution >= 4 is 0 Å². The maximum Gasteiger partial charge on any atom is 0.0935 e. The van der Waals surface area contributed by atoms with E-state index in [4.69, 9.17) is 5.73 Å². The molecule has 0 heterocycles. The number of hydrogen-bond acceptors (Lipinski definition) is 2. The minimum atomic E-state index is -0.362. The molecule has 2 aliphatic carbocycles. The molecule has 0 saturated carbocycles. The Hall–Kier alpha value is -1.64. The van der Waals surface area contributed by atoms with E-state index in [0.29, 0.717) is 6.04 Å². The van der Waals surface area contributed by atoms with Crippen molar-refractivity contribution in [3.8, 4) is 0 Å². The van der Waals surface area contributed by atoms with Gasteiger partial charge in [0, 0.05) is 6.04 Å². The van der Waals surface area contributed by atoms with Gasteiger partial charge in [-0.3, -0.25) is 5.32 Å². The van der Waals surface area contributed by atoms with E-state index in [2.05, 4.69) is 53.8 Å². The molecule has 0 saturated heterocycles. The normalized spacial score (nSPS) is 27.4. The standard InChI is InChI=1S/C18H20N2/c19-18(12-11-14-6-2-4-8-16(14)18)20-17-10-9-13-5-1-3-7-15(13)17/h1-8,17,20H,9-12,19H2/t17?,18-/m0/s1. The Morgan fingerprint density at radius 1 is 0.950 bits per heavy atom. The number of nitrogens with two attached hydrogens (primary N) is 1. The Labute approximate surface area is 120 Å². The molecule has 0 spiro atoms. The van der Waals surface area contributed by atoms with Crippen LogP contribution in [0, 0.1) is 0 Å². The summed E-state index contributed by atoms with van der Waals surface area (Å²) in [5.74, 6) is 0. The maximum atomic E-state index is 6.70. The second kappa shape index (κ2) is 4.44. The van der Waals surface area contributed by atoms with Crippen LogP contribution in [0.4, 0.5) is 0 Å². The summed E-state index contributed by atoms with van der Waals surface area (Å²) < 4.78 is 0. The zero-order chi connectivity index (χ0) is 13.6. The molecule has 2 nitrogen and oxygen atoms in total. The molecular formula is C18H20N2. The predicted octanol–water partition coefficient (Wildman–Crippen LogP) is 3.02. The molecule has 4 rings (SSSR count). The van der Waals surface area contributed by atoms with Gasteiger partial charge in [-0.2, -0.15) is 0 Å². The van der Waals surface area contributed by atoms with Crippen LogP contribution >= 0.6 is 0 Å². The van der Waals surface area contributed by atoms with Gasteiger partial charge in [0.05, 0.1) is 5.66 Å². The Morgan fingerprint density at radius 3 is 2.60 bits per heavy atom. The number of fused-ring (bicyclic) bond motifs is 2. The zero-order valence-electron chi connectivity index (χ0n) is 11.6. The molecule has 0 radical (unpaired) electrons. The van der Waals surface area contributed by atoms with Gasteiger partial charge in [0.2, 0.25) is 0 Å². The molecule has 2 aromatic rings. The molecule has 102 valence electrons. The summed E-state index contributed by atoms with van der Waals surface area (Å²) >= 11 is 0. The maximum absolute atomic E-state index is 6.70. The van der Waals surface area contributed by atoms with Crippen LogP contribution in [0.5, 0.6) is 0 Å². The molecule has 0 aromatic heterocycles. The number of hydrogen-bond donors (Lipinski definition) is 2. The molecule has 0 aliphatic heterocycles. The fourth-order valence-corrected chi connectivity index (χ4v) is 3.81. The molecule has 2 heteroatoms. The molecule has 2 aromatic carbocycles. The first-order valence-corrected chi connectivity index (χ1v) is 7.49. The molecule has 3 N–H and O–H groups in total. The summed E-state index contributed by atoms with van der Waals surface area (Å²) in [4.78, 5) is 0. The van der Waals surface area contributed by atoms with Gasteiger partial charge < -0.3 is 5.73 Å². The van der Waals surface area contributed by atoms with E-state index >= 15 is 0 Å². The third kappa shape index (κ3) is 1.80. The molecular weight excluding hydrogens is 244 g/mol. The van der Waals surface area contributed by atoms with Gasteiger partial charge in [0.25, 0.3) is 0 Å². The molecule has 0 amide bonds. The number of benzene rings is 2. The SMILES string of the molecule is N[C@]1(NC2CCc3ccccc32)CCc2ccccc21. The van der Waals surface area contributed by atoms with Gasteiger partial charge >= 0.3 is 0 Å². The molecule has 0 fully saturated rings. The average Bonchev–Trinajstić information content (AvgIpc) is 3.03. The highest BCUT2D eigenvalue weighted by Gasteiger charge is 2.37. The number of rotatable bonds is 2. The highest BCUT2D eigenvalue weighted by Crippen LogP contribution is 2.38. The predicted molar refractivity (Wildman–Crippen MR) is 81.3 cm³/mol. The van der Waals surface area contributed by atoms with Crippen molar-refractivity contribution in [3.05, 3.63) is 70.8 Å². The largest absolute Gasteiger partial charge is 0.309 e. The van der Waals surface area contributed by atoms with E-state index in [-0.39, 0.29) is 5.66 Å². The van der Waals surface area contributed by atoms with Gasteiger partial charge in [-0.25, -0.2) is 0 Å². The lowest BCUT2D eigenvalue weighted by Gasteiger charge is -2.31. The van der Waals surface area contributed by atoms with Crippen LogP contribution in [0.2, 0.25) is 0 Å². The van der Waals surface area contributed by atoms with Crippen LogP contribution in [0.25, 0.3) is 0 Å². The molecule has 0 bridgehead atoms. The van der Waals surface area contributed by atoms with E-state index in [1.165, 1.54) is 22.3 Å². The zero-order valence-corrected chi connectivity index (χ0v) is 11.6. The van der Waals surface area contributed by atoms with Gasteiger partial charge in [-0.15, -0.1) is 0 Å². The Morgan fingerprint density at radius 2 is 1.70 bits per heavy atom. The van der Waals surface area contributed by atoms with Gasteiger partial charge in [-0.1, -0.05) is 48.5 Å². The summed E-state index contributed by atoms with van der Waals surface area (Å²) in [5.41, 5.74) is 11.9. The van der Waals surface area contributed by atoms with E-state index in [1.807, 2.05) is 0 Å². The Balaban J connectivity index is 1.65. The minimum Gasteiger partial charge on any atom is -0.309 e. The molecule has 20 heavy (non-hydrogen) atoms. The second-order valence-corrected chi connectivity index (χ2v) is 6.06. The lowest BCUT2D eigenvalue weighted by Crippen LogP contribution is -2.49. The second-order valence-electron chi connectivity index (χ2n) is 6.06. The molecule has 1 unspecified atom stereocenters. The van der Waals surface area contributed by atoms with Crippen molar-refractivity contribution in [3.63, 3.8) is 0 Å². The summed E-state index contributed by atoms with van der Waals surface area (Å²) in [6, 6.07) is 17.7. The van der Waals surface area contributed by atoms with Crippen LogP contribution < -0.4 is 11.1 Å². The van der Waals surface area contributed by atoms with Gasteiger partial charge in [0.15, 0.2) is 0 Å². The van der Waals surface area contributed by atoms with Crippen LogP contribution in [0.3, 0.4) is 0 Å². The summed E-state index contributed by atoms with van der Waals surface area (Å²) in [6.07, 6.45) is 4.38. The van der Waals surface area contributed by atoms with Gasteiger partial charge in [-0.05, 0) is 47.9 Å². The first-order valence-electron chi connectivity index (χ1n) is 7.49. The molecule has 2 aliphatic rings. The Bertz CT molecular complexity index is 649. The average molecular weight is 264 g/mol. The number of aryl methyl sites for hydroxylation is 2. The van der Waals surface area contributed by atoms with Crippen LogP contribution in [0.1, 0.15) is 41.1 Å². The lowest BCUT2D eigenvalue weighted by molar-refractivity contribution is 0.296. The van der Waals surface area contributed by atoms with Crippen molar-refractivity contribution in [2.24, 2.45) is 5.73 Å². The van der Waals surface area contributed by atoms with Crippen molar-refractivity contribution in [2.45, 2.75) is 37.4 Å². The molecule has 2 atom stereocenters. The van der Waals surface area contributed by atoms with Crippen molar-refractivity contribution in [2.75, 3.05) is 0 Å².